The molecule has 2 unspecified atom stereocenters. The van der Waals surface area contributed by atoms with Crippen LogP contribution >= 0.6 is 12.4 Å². The van der Waals surface area contributed by atoms with Gasteiger partial charge in [-0.05, 0) is 18.1 Å². The molecule has 0 aromatic heterocycles. The van der Waals surface area contributed by atoms with Crippen molar-refractivity contribution >= 4 is 12.4 Å². The fourth-order valence-electron chi connectivity index (χ4n) is 1.47. The molecular formula is C13H22ClNO3. The van der Waals surface area contributed by atoms with E-state index in [2.05, 4.69) is 0 Å². The first-order chi connectivity index (χ1) is 8.06. The second-order valence-corrected chi connectivity index (χ2v) is 4.35. The summed E-state index contributed by atoms with van der Waals surface area (Å²) >= 11 is 0. The molecule has 1 aromatic rings. The third-order valence-corrected chi connectivity index (χ3v) is 2.69. The summed E-state index contributed by atoms with van der Waals surface area (Å²) in [7, 11) is 1.58. The Morgan fingerprint density at radius 3 is 2.28 bits per heavy atom. The minimum atomic E-state index is -0.681. The lowest BCUT2D eigenvalue weighted by Crippen LogP contribution is -2.42. The molecule has 18 heavy (non-hydrogen) atoms. The maximum atomic E-state index is 9.82. The van der Waals surface area contributed by atoms with Gasteiger partial charge in [-0.15, -0.1) is 12.4 Å². The zero-order valence-corrected chi connectivity index (χ0v) is 11.8. The molecule has 3 N–H and O–H groups in total. The standard InChI is InChI=1S/C13H21NO3.ClH/c1-9(2)13(14)10(15)8-17-12-7-5-4-6-11(12)16-3;/h4-7,9-10,13,15H,8,14H2,1-3H3;1H. The zero-order chi connectivity index (χ0) is 12.8. The van der Waals surface area contributed by atoms with E-state index in [4.69, 9.17) is 15.2 Å². The first-order valence-electron chi connectivity index (χ1n) is 5.75. The van der Waals surface area contributed by atoms with E-state index in [-0.39, 0.29) is 31.0 Å². The largest absolute Gasteiger partial charge is 0.493 e. The highest BCUT2D eigenvalue weighted by Crippen LogP contribution is 2.25. The number of aliphatic hydroxyl groups excluding tert-OH is 1. The molecule has 0 saturated carbocycles. The van der Waals surface area contributed by atoms with E-state index in [1.165, 1.54) is 0 Å². The summed E-state index contributed by atoms with van der Waals surface area (Å²) in [6, 6.07) is 7.04. The van der Waals surface area contributed by atoms with Crippen molar-refractivity contribution < 1.29 is 14.6 Å². The van der Waals surface area contributed by atoms with Crippen LogP contribution < -0.4 is 15.2 Å². The Morgan fingerprint density at radius 1 is 1.22 bits per heavy atom. The minimum absolute atomic E-state index is 0. The summed E-state index contributed by atoms with van der Waals surface area (Å²) in [5, 5.41) is 9.82. The quantitative estimate of drug-likeness (QED) is 0.831. The number of benzene rings is 1. The van der Waals surface area contributed by atoms with Gasteiger partial charge in [0.1, 0.15) is 12.7 Å². The fourth-order valence-corrected chi connectivity index (χ4v) is 1.47. The third kappa shape index (κ3) is 4.72. The maximum Gasteiger partial charge on any atom is 0.161 e. The average Bonchev–Trinajstić information content (AvgIpc) is 2.35. The van der Waals surface area contributed by atoms with Gasteiger partial charge in [-0.25, -0.2) is 0 Å². The summed E-state index contributed by atoms with van der Waals surface area (Å²) in [6.45, 7) is 4.10. The topological polar surface area (TPSA) is 64.7 Å². The Balaban J connectivity index is 0.00000289. The normalized spacial score (nSPS) is 13.7. The third-order valence-electron chi connectivity index (χ3n) is 2.69. The van der Waals surface area contributed by atoms with Crippen molar-refractivity contribution in [2.45, 2.75) is 26.0 Å². The predicted molar refractivity (Wildman–Crippen MR) is 74.6 cm³/mol. The first kappa shape index (κ1) is 17.0. The predicted octanol–water partition coefficient (Wildman–Crippen LogP) is 1.84. The van der Waals surface area contributed by atoms with Gasteiger partial charge in [0.15, 0.2) is 11.5 Å². The van der Waals surface area contributed by atoms with Gasteiger partial charge in [-0.1, -0.05) is 26.0 Å². The van der Waals surface area contributed by atoms with E-state index in [1.54, 1.807) is 13.2 Å². The van der Waals surface area contributed by atoms with E-state index in [9.17, 15) is 5.11 Å². The van der Waals surface area contributed by atoms with Crippen molar-refractivity contribution in [3.05, 3.63) is 24.3 Å². The first-order valence-corrected chi connectivity index (χ1v) is 5.75. The summed E-state index contributed by atoms with van der Waals surface area (Å²) < 4.78 is 10.7. The van der Waals surface area contributed by atoms with Crippen LogP contribution in [0.5, 0.6) is 11.5 Å². The monoisotopic (exact) mass is 275 g/mol. The fraction of sp³-hybridized carbons (Fsp3) is 0.538. The Hall–Kier alpha value is -0.970. The van der Waals surface area contributed by atoms with Crippen LogP contribution in [-0.2, 0) is 0 Å². The Morgan fingerprint density at radius 2 is 1.78 bits per heavy atom. The van der Waals surface area contributed by atoms with Gasteiger partial charge < -0.3 is 20.3 Å². The lowest BCUT2D eigenvalue weighted by molar-refractivity contribution is 0.0704. The average molecular weight is 276 g/mol. The number of ether oxygens (including phenoxy) is 2. The van der Waals surface area contributed by atoms with Crippen molar-refractivity contribution in [3.8, 4) is 11.5 Å². The number of rotatable bonds is 6. The van der Waals surface area contributed by atoms with Crippen molar-refractivity contribution in [1.82, 2.24) is 0 Å². The summed E-state index contributed by atoms with van der Waals surface area (Å²) in [5.74, 6) is 1.48. The van der Waals surface area contributed by atoms with Gasteiger partial charge in [0.05, 0.1) is 7.11 Å². The van der Waals surface area contributed by atoms with Crippen LogP contribution in [0, 0.1) is 5.92 Å². The molecular weight excluding hydrogens is 254 g/mol. The molecule has 1 aromatic carbocycles. The molecule has 0 aliphatic rings. The van der Waals surface area contributed by atoms with E-state index in [0.29, 0.717) is 11.5 Å². The summed E-state index contributed by atoms with van der Waals surface area (Å²) in [6.07, 6.45) is -0.681. The summed E-state index contributed by atoms with van der Waals surface area (Å²) in [5.41, 5.74) is 5.83. The van der Waals surface area contributed by atoms with E-state index in [1.807, 2.05) is 32.0 Å². The number of nitrogens with two attached hydrogens (primary N) is 1. The van der Waals surface area contributed by atoms with Crippen molar-refractivity contribution in [2.75, 3.05) is 13.7 Å². The van der Waals surface area contributed by atoms with E-state index < -0.39 is 6.10 Å². The van der Waals surface area contributed by atoms with E-state index >= 15 is 0 Å². The van der Waals surface area contributed by atoms with Crippen molar-refractivity contribution in [2.24, 2.45) is 11.7 Å². The SMILES string of the molecule is COc1ccccc1OCC(O)C(N)C(C)C.Cl. The lowest BCUT2D eigenvalue weighted by Gasteiger charge is -2.22. The van der Waals surface area contributed by atoms with Gasteiger partial charge in [0.2, 0.25) is 0 Å². The van der Waals surface area contributed by atoms with Crippen molar-refractivity contribution in [1.29, 1.82) is 0 Å². The van der Waals surface area contributed by atoms with Crippen LogP contribution in [0.3, 0.4) is 0 Å². The Kier molecular flexibility index (Phi) is 7.75. The van der Waals surface area contributed by atoms with Gasteiger partial charge in [0, 0.05) is 6.04 Å². The molecule has 2 atom stereocenters. The van der Waals surface area contributed by atoms with Crippen LogP contribution in [0.25, 0.3) is 0 Å². The number of aliphatic hydroxyl groups is 1. The molecule has 0 radical (unpaired) electrons. The van der Waals surface area contributed by atoms with Crippen LogP contribution in [0.15, 0.2) is 24.3 Å². The molecule has 4 nitrogen and oxygen atoms in total. The van der Waals surface area contributed by atoms with Gasteiger partial charge in [0.25, 0.3) is 0 Å². The zero-order valence-electron chi connectivity index (χ0n) is 11.0. The molecule has 5 heteroatoms. The molecule has 0 aliphatic carbocycles. The molecule has 0 saturated heterocycles. The van der Waals surface area contributed by atoms with Crippen molar-refractivity contribution in [3.63, 3.8) is 0 Å². The number of hydrogen-bond donors (Lipinski definition) is 2. The van der Waals surface area contributed by atoms with Crippen LogP contribution in [0.4, 0.5) is 0 Å². The van der Waals surface area contributed by atoms with Gasteiger partial charge in [-0.3, -0.25) is 0 Å². The number of para-hydroxylation sites is 2. The summed E-state index contributed by atoms with van der Waals surface area (Å²) in [4.78, 5) is 0. The second kappa shape index (κ2) is 8.19. The highest BCUT2D eigenvalue weighted by atomic mass is 35.5. The van der Waals surface area contributed by atoms with Gasteiger partial charge in [-0.2, -0.15) is 0 Å². The van der Waals surface area contributed by atoms with Gasteiger partial charge >= 0.3 is 0 Å². The number of hydrogen-bond acceptors (Lipinski definition) is 4. The Bertz CT molecular complexity index is 347. The molecule has 1 rings (SSSR count). The molecule has 0 bridgehead atoms. The van der Waals surface area contributed by atoms with E-state index in [0.717, 1.165) is 0 Å². The maximum absolute atomic E-state index is 9.82. The molecule has 0 amide bonds. The van der Waals surface area contributed by atoms with Crippen LogP contribution in [-0.4, -0.2) is 31.0 Å². The lowest BCUT2D eigenvalue weighted by atomic mass is 10.0. The molecule has 104 valence electrons. The molecule has 0 fully saturated rings. The number of methoxy groups -OCH3 is 1. The minimum Gasteiger partial charge on any atom is -0.493 e. The molecule has 0 aliphatic heterocycles. The van der Waals surface area contributed by atoms with Crippen LogP contribution in [0.2, 0.25) is 0 Å². The molecule has 0 spiro atoms. The number of halogens is 1. The van der Waals surface area contributed by atoms with Crippen LogP contribution in [0.1, 0.15) is 13.8 Å². The molecule has 0 heterocycles. The highest BCUT2D eigenvalue weighted by molar-refractivity contribution is 5.85. The second-order valence-electron chi connectivity index (χ2n) is 4.35. The smallest absolute Gasteiger partial charge is 0.161 e. The Labute approximate surface area is 115 Å². The highest BCUT2D eigenvalue weighted by Gasteiger charge is 2.19.